The van der Waals surface area contributed by atoms with Crippen LogP contribution in [0.25, 0.3) is 0 Å². The highest BCUT2D eigenvalue weighted by atomic mass is 32.2. The van der Waals surface area contributed by atoms with E-state index in [9.17, 15) is 8.76 Å². The van der Waals surface area contributed by atoms with Crippen molar-refractivity contribution in [3.63, 3.8) is 0 Å². The SMILES string of the molecule is Cc1nc(C)c(S(=O)[O-])c(C)n1. The first-order valence-corrected chi connectivity index (χ1v) is 4.51. The van der Waals surface area contributed by atoms with Crippen molar-refractivity contribution in [3.8, 4) is 0 Å². The topological polar surface area (TPSA) is 65.9 Å². The average Bonchev–Trinajstić information content (AvgIpc) is 1.82. The summed E-state index contributed by atoms with van der Waals surface area (Å²) in [7, 11) is 0. The Bertz CT molecular complexity index is 315. The van der Waals surface area contributed by atoms with Crippen LogP contribution in [0, 0.1) is 20.8 Å². The van der Waals surface area contributed by atoms with Crippen LogP contribution in [-0.4, -0.2) is 18.7 Å². The molecule has 1 rings (SSSR count). The zero-order chi connectivity index (χ0) is 9.30. The summed E-state index contributed by atoms with van der Waals surface area (Å²) in [5, 5.41) is 0. The molecule has 0 aliphatic rings. The Morgan fingerprint density at radius 3 is 1.92 bits per heavy atom. The van der Waals surface area contributed by atoms with Crippen LogP contribution in [-0.2, 0) is 11.1 Å². The summed E-state index contributed by atoms with van der Waals surface area (Å²) >= 11 is -2.24. The first-order chi connectivity index (χ1) is 5.52. The van der Waals surface area contributed by atoms with Gasteiger partial charge in [-0.05, 0) is 31.9 Å². The van der Waals surface area contributed by atoms with E-state index >= 15 is 0 Å². The van der Waals surface area contributed by atoms with Gasteiger partial charge in [0.25, 0.3) is 0 Å². The Balaban J connectivity index is 3.38. The van der Waals surface area contributed by atoms with Crippen molar-refractivity contribution in [1.82, 2.24) is 9.97 Å². The van der Waals surface area contributed by atoms with Crippen molar-refractivity contribution in [3.05, 3.63) is 17.2 Å². The van der Waals surface area contributed by atoms with Gasteiger partial charge in [0.1, 0.15) is 5.82 Å². The van der Waals surface area contributed by atoms with Gasteiger partial charge in [-0.1, -0.05) is 0 Å². The molecule has 0 aliphatic heterocycles. The molecule has 0 saturated carbocycles. The Morgan fingerprint density at radius 2 is 1.58 bits per heavy atom. The fourth-order valence-electron chi connectivity index (χ4n) is 1.11. The normalized spacial score (nSPS) is 13.0. The van der Waals surface area contributed by atoms with Gasteiger partial charge in [0.15, 0.2) is 0 Å². The van der Waals surface area contributed by atoms with E-state index in [1.54, 1.807) is 20.8 Å². The Kier molecular flexibility index (Phi) is 2.54. The van der Waals surface area contributed by atoms with E-state index in [0.717, 1.165) is 0 Å². The van der Waals surface area contributed by atoms with Crippen LogP contribution in [0.15, 0.2) is 4.90 Å². The summed E-state index contributed by atoms with van der Waals surface area (Å²) in [5.74, 6) is 0.596. The molecule has 0 amide bonds. The van der Waals surface area contributed by atoms with E-state index in [2.05, 4.69) is 9.97 Å². The lowest BCUT2D eigenvalue weighted by Gasteiger charge is -2.10. The summed E-state index contributed by atoms with van der Waals surface area (Å²) in [5.41, 5.74) is 1.02. The molecule has 0 saturated heterocycles. The number of aryl methyl sites for hydroxylation is 3. The molecule has 1 atom stereocenters. The fraction of sp³-hybridized carbons (Fsp3) is 0.429. The number of rotatable bonds is 1. The number of aromatic nitrogens is 2. The van der Waals surface area contributed by atoms with Gasteiger partial charge in [0, 0.05) is 0 Å². The molecule has 4 nitrogen and oxygen atoms in total. The molecule has 1 aromatic rings. The van der Waals surface area contributed by atoms with Gasteiger partial charge < -0.3 is 4.55 Å². The molecule has 1 aromatic heterocycles. The average molecular weight is 185 g/mol. The lowest BCUT2D eigenvalue weighted by Crippen LogP contribution is -2.03. The zero-order valence-electron chi connectivity index (χ0n) is 7.12. The van der Waals surface area contributed by atoms with E-state index in [0.29, 0.717) is 17.2 Å². The number of hydrogen-bond donors (Lipinski definition) is 0. The molecule has 0 aromatic carbocycles. The molecule has 0 spiro atoms. The first-order valence-electron chi connectivity index (χ1n) is 3.43. The van der Waals surface area contributed by atoms with Gasteiger partial charge >= 0.3 is 0 Å². The predicted molar refractivity (Wildman–Crippen MR) is 43.4 cm³/mol. The summed E-state index contributed by atoms with van der Waals surface area (Å²) < 4.78 is 21.3. The zero-order valence-corrected chi connectivity index (χ0v) is 7.94. The van der Waals surface area contributed by atoms with Crippen LogP contribution >= 0.6 is 0 Å². The van der Waals surface area contributed by atoms with Crippen molar-refractivity contribution in [2.75, 3.05) is 0 Å². The maximum Gasteiger partial charge on any atom is 0.125 e. The lowest BCUT2D eigenvalue weighted by atomic mass is 10.3. The largest absolute Gasteiger partial charge is 0.768 e. The number of nitrogens with zero attached hydrogens (tertiary/aromatic N) is 2. The summed E-state index contributed by atoms with van der Waals surface area (Å²) in [6.07, 6.45) is 0. The van der Waals surface area contributed by atoms with Crippen LogP contribution in [0.1, 0.15) is 17.2 Å². The second-order valence-corrected chi connectivity index (χ2v) is 3.38. The monoisotopic (exact) mass is 185 g/mol. The minimum absolute atomic E-state index is 0.209. The maximum atomic E-state index is 10.7. The number of hydrogen-bond acceptors (Lipinski definition) is 4. The van der Waals surface area contributed by atoms with Crippen LogP contribution in [0.3, 0.4) is 0 Å². The van der Waals surface area contributed by atoms with E-state index in [1.807, 2.05) is 0 Å². The van der Waals surface area contributed by atoms with Crippen LogP contribution in [0.2, 0.25) is 0 Å². The highest BCUT2D eigenvalue weighted by Crippen LogP contribution is 2.12. The van der Waals surface area contributed by atoms with Crippen molar-refractivity contribution in [2.45, 2.75) is 25.7 Å². The van der Waals surface area contributed by atoms with Gasteiger partial charge in [0.2, 0.25) is 0 Å². The van der Waals surface area contributed by atoms with Crippen molar-refractivity contribution in [1.29, 1.82) is 0 Å². The van der Waals surface area contributed by atoms with E-state index in [4.69, 9.17) is 0 Å². The summed E-state index contributed by atoms with van der Waals surface area (Å²) in [6, 6.07) is 0. The van der Waals surface area contributed by atoms with Crippen molar-refractivity contribution < 1.29 is 8.76 Å². The molecule has 66 valence electrons. The molecule has 0 aliphatic carbocycles. The quantitative estimate of drug-likeness (QED) is 0.602. The van der Waals surface area contributed by atoms with Gasteiger partial charge in [0.05, 0.1) is 16.3 Å². The maximum absolute atomic E-state index is 10.7. The minimum atomic E-state index is -2.24. The molecule has 0 fully saturated rings. The van der Waals surface area contributed by atoms with E-state index in [1.165, 1.54) is 0 Å². The third kappa shape index (κ3) is 1.67. The Morgan fingerprint density at radius 1 is 1.17 bits per heavy atom. The second-order valence-electron chi connectivity index (χ2n) is 2.51. The van der Waals surface area contributed by atoms with Crippen molar-refractivity contribution in [2.24, 2.45) is 0 Å². The third-order valence-corrected chi connectivity index (χ3v) is 2.41. The fourth-order valence-corrected chi connectivity index (χ4v) is 1.69. The van der Waals surface area contributed by atoms with Crippen LogP contribution < -0.4 is 0 Å². The highest BCUT2D eigenvalue weighted by molar-refractivity contribution is 7.79. The minimum Gasteiger partial charge on any atom is -0.768 e. The first kappa shape index (κ1) is 9.28. The highest BCUT2D eigenvalue weighted by Gasteiger charge is 2.05. The van der Waals surface area contributed by atoms with Gasteiger partial charge in [-0.3, -0.25) is 4.21 Å². The molecule has 12 heavy (non-hydrogen) atoms. The molecule has 0 N–H and O–H groups in total. The van der Waals surface area contributed by atoms with Gasteiger partial charge in [-0.2, -0.15) is 0 Å². The molecular weight excluding hydrogens is 176 g/mol. The summed E-state index contributed by atoms with van der Waals surface area (Å²) in [6.45, 7) is 5.05. The molecule has 0 bridgehead atoms. The molecule has 1 heterocycles. The van der Waals surface area contributed by atoms with Crippen molar-refractivity contribution >= 4 is 11.1 Å². The Labute approximate surface area is 73.3 Å². The van der Waals surface area contributed by atoms with Crippen LogP contribution in [0.4, 0.5) is 0 Å². The Hall–Kier alpha value is -0.810. The predicted octanol–water partition coefficient (Wildman–Crippen LogP) is 0.640. The molecular formula is C7H9N2O2S-. The lowest BCUT2D eigenvalue weighted by molar-refractivity contribution is 0.534. The van der Waals surface area contributed by atoms with Gasteiger partial charge in [-0.25, -0.2) is 9.97 Å². The summed E-state index contributed by atoms with van der Waals surface area (Å²) in [4.78, 5) is 8.11. The standard InChI is InChI=1S/C7H10N2O2S/c1-4-7(12(10)11)5(2)9-6(3)8-4/h1-3H3,(H,10,11)/p-1. The smallest absolute Gasteiger partial charge is 0.125 e. The third-order valence-electron chi connectivity index (χ3n) is 1.48. The molecule has 5 heteroatoms. The molecule has 1 unspecified atom stereocenters. The van der Waals surface area contributed by atoms with E-state index in [-0.39, 0.29) is 4.90 Å². The van der Waals surface area contributed by atoms with Gasteiger partial charge in [-0.15, -0.1) is 0 Å². The van der Waals surface area contributed by atoms with E-state index < -0.39 is 11.1 Å². The second kappa shape index (κ2) is 3.28. The van der Waals surface area contributed by atoms with Crippen LogP contribution in [0.5, 0.6) is 0 Å². The molecule has 0 radical (unpaired) electrons.